The van der Waals surface area contributed by atoms with Crippen molar-refractivity contribution in [1.82, 2.24) is 19.7 Å². The summed E-state index contributed by atoms with van der Waals surface area (Å²) in [6, 6.07) is 18.9. The number of hydrogen-bond donors (Lipinski definition) is 2. The van der Waals surface area contributed by atoms with E-state index in [1.54, 1.807) is 81.0 Å². The van der Waals surface area contributed by atoms with E-state index in [4.69, 9.17) is 9.47 Å². The average Bonchev–Trinajstić information content (AvgIpc) is 3.35. The Bertz CT molecular complexity index is 1570. The number of hydrogen-bond acceptors (Lipinski definition) is 6. The largest absolute Gasteiger partial charge is 0.497 e. The Kier molecular flexibility index (Phi) is 5.72. The van der Waals surface area contributed by atoms with Gasteiger partial charge in [-0.1, -0.05) is 0 Å². The van der Waals surface area contributed by atoms with Crippen molar-refractivity contribution in [2.24, 2.45) is 0 Å². The van der Waals surface area contributed by atoms with E-state index in [0.29, 0.717) is 34.2 Å². The van der Waals surface area contributed by atoms with Crippen LogP contribution in [-0.2, 0) is 0 Å². The molecule has 5 aromatic rings. The minimum absolute atomic E-state index is 0.146. The Labute approximate surface area is 200 Å². The molecule has 3 heterocycles. The van der Waals surface area contributed by atoms with Gasteiger partial charge in [0.25, 0.3) is 11.5 Å². The second kappa shape index (κ2) is 9.14. The predicted molar refractivity (Wildman–Crippen MR) is 132 cm³/mol. The Morgan fingerprint density at radius 1 is 1.00 bits per heavy atom. The van der Waals surface area contributed by atoms with Crippen molar-refractivity contribution in [2.75, 3.05) is 12.4 Å². The number of methoxy groups -OCH3 is 1. The number of amides is 1. The van der Waals surface area contributed by atoms with Crippen molar-refractivity contribution in [3.8, 4) is 22.9 Å². The number of pyridine rings is 1. The molecule has 2 aromatic carbocycles. The summed E-state index contributed by atoms with van der Waals surface area (Å²) in [5.74, 6) is 1.51. The Hall–Kier alpha value is -4.92. The second-order valence-electron chi connectivity index (χ2n) is 7.75. The van der Waals surface area contributed by atoms with E-state index < -0.39 is 5.91 Å². The van der Waals surface area contributed by atoms with E-state index in [1.165, 1.54) is 10.7 Å². The molecule has 0 atom stereocenters. The topological polar surface area (TPSA) is 111 Å². The monoisotopic (exact) mass is 467 g/mol. The maximum Gasteiger partial charge on any atom is 0.276 e. The van der Waals surface area contributed by atoms with Crippen LogP contribution in [-0.4, -0.2) is 32.8 Å². The van der Waals surface area contributed by atoms with Gasteiger partial charge in [0, 0.05) is 24.1 Å². The van der Waals surface area contributed by atoms with Crippen LogP contribution in [0.25, 0.3) is 16.7 Å². The van der Waals surface area contributed by atoms with Crippen LogP contribution in [0.3, 0.4) is 0 Å². The molecule has 2 N–H and O–H groups in total. The summed E-state index contributed by atoms with van der Waals surface area (Å²) in [7, 11) is 1.56. The van der Waals surface area contributed by atoms with Crippen molar-refractivity contribution >= 4 is 22.6 Å². The number of carbonyl (C=O) groups is 1. The van der Waals surface area contributed by atoms with Crippen LogP contribution in [0.5, 0.6) is 17.2 Å². The molecule has 5 rings (SSSR count). The standard InChI is InChI=1S/C26H21N5O4/c1-16-15-23(32)31(18-5-9-19(34-2)10-6-18)30-24(16)26(33)29-17-3-7-20(8-4-17)35-22-12-14-28-25-21(22)11-13-27-25/h3-15H,1-2H3,(H,27,28)(H,29,33). The molecule has 0 bridgehead atoms. The van der Waals surface area contributed by atoms with Gasteiger partial charge in [-0.05, 0) is 73.2 Å². The van der Waals surface area contributed by atoms with Crippen LogP contribution in [0.15, 0.2) is 83.9 Å². The highest BCUT2D eigenvalue weighted by Gasteiger charge is 2.15. The van der Waals surface area contributed by atoms with Crippen molar-refractivity contribution in [1.29, 1.82) is 0 Å². The summed E-state index contributed by atoms with van der Waals surface area (Å²) < 4.78 is 12.3. The molecule has 0 aliphatic heterocycles. The molecule has 0 saturated carbocycles. The van der Waals surface area contributed by atoms with Gasteiger partial charge >= 0.3 is 0 Å². The number of ether oxygens (including phenoxy) is 2. The van der Waals surface area contributed by atoms with E-state index in [1.807, 2.05) is 6.07 Å². The van der Waals surface area contributed by atoms with Crippen molar-refractivity contribution in [2.45, 2.75) is 6.92 Å². The number of aromatic amines is 1. The van der Waals surface area contributed by atoms with Crippen LogP contribution < -0.4 is 20.3 Å². The van der Waals surface area contributed by atoms with Gasteiger partial charge in [0.05, 0.1) is 18.2 Å². The highest BCUT2D eigenvalue weighted by atomic mass is 16.5. The molecule has 174 valence electrons. The number of aromatic nitrogens is 4. The van der Waals surface area contributed by atoms with E-state index >= 15 is 0 Å². The van der Waals surface area contributed by atoms with Gasteiger partial charge in [-0.15, -0.1) is 0 Å². The maximum absolute atomic E-state index is 13.0. The van der Waals surface area contributed by atoms with Crippen molar-refractivity contribution in [3.05, 3.63) is 101 Å². The molecule has 35 heavy (non-hydrogen) atoms. The highest BCUT2D eigenvalue weighted by molar-refractivity contribution is 6.03. The molecule has 9 nitrogen and oxygen atoms in total. The number of H-pyrrole nitrogens is 1. The fourth-order valence-corrected chi connectivity index (χ4v) is 3.62. The van der Waals surface area contributed by atoms with Crippen LogP contribution in [0.4, 0.5) is 5.69 Å². The first-order chi connectivity index (χ1) is 17.0. The number of anilines is 1. The molecule has 0 saturated heterocycles. The first-order valence-corrected chi connectivity index (χ1v) is 10.8. The molecular weight excluding hydrogens is 446 g/mol. The molecule has 1 amide bonds. The van der Waals surface area contributed by atoms with Gasteiger partial charge in [0.2, 0.25) is 0 Å². The first kappa shape index (κ1) is 21.9. The number of aryl methyl sites for hydroxylation is 1. The van der Waals surface area contributed by atoms with E-state index in [0.717, 1.165) is 11.0 Å². The molecule has 0 spiro atoms. The average molecular weight is 467 g/mol. The third kappa shape index (κ3) is 4.47. The summed E-state index contributed by atoms with van der Waals surface area (Å²) in [5, 5.41) is 8.01. The molecule has 0 unspecified atom stereocenters. The van der Waals surface area contributed by atoms with E-state index in [9.17, 15) is 9.59 Å². The summed E-state index contributed by atoms with van der Waals surface area (Å²) in [4.78, 5) is 32.8. The molecule has 3 aromatic heterocycles. The highest BCUT2D eigenvalue weighted by Crippen LogP contribution is 2.29. The zero-order chi connectivity index (χ0) is 24.4. The van der Waals surface area contributed by atoms with Crippen molar-refractivity contribution in [3.63, 3.8) is 0 Å². The second-order valence-corrected chi connectivity index (χ2v) is 7.75. The lowest BCUT2D eigenvalue weighted by Crippen LogP contribution is -2.26. The molecule has 0 fully saturated rings. The molecular formula is C26H21N5O4. The molecule has 9 heteroatoms. The summed E-state index contributed by atoms with van der Waals surface area (Å²) in [6.45, 7) is 1.68. The lowest BCUT2D eigenvalue weighted by molar-refractivity contribution is 0.102. The summed E-state index contributed by atoms with van der Waals surface area (Å²) in [5.41, 5.74) is 2.12. The number of benzene rings is 2. The predicted octanol–water partition coefficient (Wildman–Crippen LogP) is 4.47. The van der Waals surface area contributed by atoms with Gasteiger partial charge in [0.15, 0.2) is 5.69 Å². The number of carbonyl (C=O) groups excluding carboxylic acids is 1. The zero-order valence-corrected chi connectivity index (χ0v) is 19.0. The Balaban J connectivity index is 1.34. The van der Waals surface area contributed by atoms with Gasteiger partial charge in [-0.25, -0.2) is 4.98 Å². The van der Waals surface area contributed by atoms with Crippen LogP contribution in [0.2, 0.25) is 0 Å². The van der Waals surface area contributed by atoms with Gasteiger partial charge in [-0.2, -0.15) is 9.78 Å². The van der Waals surface area contributed by atoms with Gasteiger partial charge < -0.3 is 19.8 Å². The first-order valence-electron chi connectivity index (χ1n) is 10.8. The number of rotatable bonds is 6. The minimum Gasteiger partial charge on any atom is -0.497 e. The third-order valence-electron chi connectivity index (χ3n) is 5.41. The number of nitrogens with zero attached hydrogens (tertiary/aromatic N) is 3. The SMILES string of the molecule is COc1ccc(-n2nc(C(=O)Nc3ccc(Oc4ccnc5[nH]ccc45)cc3)c(C)cc2=O)cc1. The van der Waals surface area contributed by atoms with Gasteiger partial charge in [0.1, 0.15) is 22.9 Å². The maximum atomic E-state index is 13.0. The van der Waals surface area contributed by atoms with Crippen LogP contribution in [0.1, 0.15) is 16.1 Å². The number of fused-ring (bicyclic) bond motifs is 1. The number of nitrogens with one attached hydrogen (secondary N) is 2. The van der Waals surface area contributed by atoms with Crippen LogP contribution >= 0.6 is 0 Å². The van der Waals surface area contributed by atoms with Crippen LogP contribution in [0, 0.1) is 6.92 Å². The zero-order valence-electron chi connectivity index (χ0n) is 19.0. The minimum atomic E-state index is -0.429. The summed E-state index contributed by atoms with van der Waals surface area (Å²) in [6.07, 6.45) is 3.47. The molecule has 0 aliphatic carbocycles. The molecule has 0 radical (unpaired) electrons. The van der Waals surface area contributed by atoms with Gasteiger partial charge in [-0.3, -0.25) is 9.59 Å². The quantitative estimate of drug-likeness (QED) is 0.381. The Morgan fingerprint density at radius 3 is 2.49 bits per heavy atom. The lowest BCUT2D eigenvalue weighted by atomic mass is 10.2. The van der Waals surface area contributed by atoms with E-state index in [2.05, 4.69) is 20.4 Å². The normalized spacial score (nSPS) is 10.8. The third-order valence-corrected chi connectivity index (χ3v) is 5.41. The van der Waals surface area contributed by atoms with Crippen molar-refractivity contribution < 1.29 is 14.3 Å². The summed E-state index contributed by atoms with van der Waals surface area (Å²) >= 11 is 0. The lowest BCUT2D eigenvalue weighted by Gasteiger charge is -2.11. The smallest absolute Gasteiger partial charge is 0.276 e. The molecule has 0 aliphatic rings. The van der Waals surface area contributed by atoms with E-state index in [-0.39, 0.29) is 11.3 Å². The Morgan fingerprint density at radius 2 is 1.74 bits per heavy atom. The fourth-order valence-electron chi connectivity index (χ4n) is 3.62. The fraction of sp³-hybridized carbons (Fsp3) is 0.0769.